The predicted octanol–water partition coefficient (Wildman–Crippen LogP) is 2.04. The molecule has 1 amide bonds. The molecule has 0 saturated carbocycles. The fraction of sp³-hybridized carbons (Fsp3) is 0.351. The van der Waals surface area contributed by atoms with E-state index in [4.69, 9.17) is 15.7 Å². The summed E-state index contributed by atoms with van der Waals surface area (Å²) in [7, 11) is 5.91. The topological polar surface area (TPSA) is 102 Å². The number of likely N-dealkylation sites (tertiary alicyclic amines) is 1. The largest absolute Gasteiger partial charge is 1.00 e. The molecule has 1 fully saturated rings. The molecule has 0 aliphatic carbocycles. The molecule has 0 unspecified atom stereocenters. The molecule has 0 atom stereocenters. The minimum absolute atomic E-state index is 0. The van der Waals surface area contributed by atoms with Crippen LogP contribution in [0.2, 0.25) is 0 Å². The predicted molar refractivity (Wildman–Crippen MR) is 191 cm³/mol. The van der Waals surface area contributed by atoms with E-state index < -0.39 is 0 Å². The average Bonchev–Trinajstić information content (AvgIpc) is 3.02. The van der Waals surface area contributed by atoms with Gasteiger partial charge in [0.25, 0.3) is 0 Å². The Kier molecular flexibility index (Phi) is 15.7. The Morgan fingerprint density at radius 1 is 1.23 bits per heavy atom. The standard InChI is InChI=1S/C37H48N8O.K/c1-7-33(27(2)3)35-41-37(45-23-20-31(38)21-24-45)42-36(44(35)6)39-26-30-16-9-8-15-29(30)17-10-13-28-14-11-18-32(25-28)40-34(46)19-12-22-43(4)5;/h7-19,27,31H,1,20-24,26,38H2,2-6H3,(H,40,46)(H,39,41,42);/q-2;+1/b13-10-,19-12+,35-33+;. The molecular formula is C37H48KN8O-. The Bertz CT molecular complexity index is 1520. The van der Waals surface area contributed by atoms with Gasteiger partial charge in [0, 0.05) is 45.3 Å². The van der Waals surface area contributed by atoms with Gasteiger partial charge in [-0.2, -0.15) is 4.99 Å². The van der Waals surface area contributed by atoms with Crippen molar-refractivity contribution in [2.75, 3.05) is 46.1 Å². The Balaban J connectivity index is 0.00000600. The van der Waals surface area contributed by atoms with E-state index in [1.54, 1.807) is 6.08 Å². The summed E-state index contributed by atoms with van der Waals surface area (Å²) in [5.41, 5.74) is 10.9. The number of allylic oxidation sites excluding steroid dienone is 3. The number of carbonyl (C=O) groups excluding carboxylic acids is 1. The molecule has 0 radical (unpaired) electrons. The first-order chi connectivity index (χ1) is 22.1. The van der Waals surface area contributed by atoms with E-state index in [1.165, 1.54) is 0 Å². The first-order valence-electron chi connectivity index (χ1n) is 15.9. The van der Waals surface area contributed by atoms with Crippen molar-refractivity contribution < 1.29 is 56.2 Å². The Hall–Kier alpha value is -2.96. The number of amides is 1. The SMILES string of the molecule is C=C/C(=C1/NC(N2CCC(N)CC2)=NC(=NCc2ccccc2[CH-]/C=C\c2[c-]c(NC(=O)/C=C/CN(C)C)ccc2)N1C)C(C)C.[K+]. The zero-order valence-corrected chi connectivity index (χ0v) is 32.0. The third kappa shape index (κ3) is 11.6. The first-order valence-corrected chi connectivity index (χ1v) is 15.9. The number of nitrogens with zero attached hydrogens (tertiary/aromatic N) is 5. The number of aliphatic imine (C=N–C) groups is 2. The molecule has 47 heavy (non-hydrogen) atoms. The molecule has 2 aromatic rings. The number of benzene rings is 2. The molecule has 9 nitrogen and oxygen atoms in total. The van der Waals surface area contributed by atoms with Gasteiger partial charge in [0.05, 0.1) is 0 Å². The van der Waals surface area contributed by atoms with Crippen molar-refractivity contribution in [3.8, 4) is 0 Å². The second kappa shape index (κ2) is 19.1. The van der Waals surface area contributed by atoms with Crippen molar-refractivity contribution in [3.05, 3.63) is 114 Å². The summed E-state index contributed by atoms with van der Waals surface area (Å²) in [4.78, 5) is 28.5. The summed E-state index contributed by atoms with van der Waals surface area (Å²) < 4.78 is 0. The molecule has 1 saturated heterocycles. The van der Waals surface area contributed by atoms with Gasteiger partial charge in [-0.3, -0.25) is 14.7 Å². The van der Waals surface area contributed by atoms with Crippen LogP contribution < -0.4 is 67.8 Å². The fourth-order valence-corrected chi connectivity index (χ4v) is 5.22. The molecule has 2 aliphatic heterocycles. The second-order valence-corrected chi connectivity index (χ2v) is 12.1. The number of nitrogens with one attached hydrogen (secondary N) is 2. The van der Waals surface area contributed by atoms with Crippen LogP contribution in [0.25, 0.3) is 6.08 Å². The number of rotatable bonds is 11. The third-order valence-corrected chi connectivity index (χ3v) is 7.84. The van der Waals surface area contributed by atoms with Crippen molar-refractivity contribution in [1.82, 2.24) is 20.0 Å². The Morgan fingerprint density at radius 3 is 2.68 bits per heavy atom. The quantitative estimate of drug-likeness (QED) is 0.194. The fourth-order valence-electron chi connectivity index (χ4n) is 5.22. The second-order valence-electron chi connectivity index (χ2n) is 12.1. The van der Waals surface area contributed by atoms with Crippen molar-refractivity contribution in [3.63, 3.8) is 0 Å². The summed E-state index contributed by atoms with van der Waals surface area (Å²) in [5.74, 6) is 2.50. The van der Waals surface area contributed by atoms with E-state index in [0.29, 0.717) is 24.7 Å². The van der Waals surface area contributed by atoms with Gasteiger partial charge in [-0.1, -0.05) is 50.3 Å². The van der Waals surface area contributed by atoms with E-state index in [9.17, 15) is 4.79 Å². The number of carbonyl (C=O) groups is 1. The van der Waals surface area contributed by atoms with Crippen LogP contribution in [0.3, 0.4) is 0 Å². The minimum Gasteiger partial charge on any atom is -0.342 e. The Labute approximate surface area is 323 Å². The van der Waals surface area contributed by atoms with Crippen LogP contribution in [0.4, 0.5) is 5.69 Å². The zero-order valence-electron chi connectivity index (χ0n) is 28.8. The molecule has 10 heteroatoms. The maximum atomic E-state index is 12.2. The van der Waals surface area contributed by atoms with Crippen molar-refractivity contribution in [2.24, 2.45) is 21.6 Å². The summed E-state index contributed by atoms with van der Waals surface area (Å²) in [6.07, 6.45) is 13.2. The van der Waals surface area contributed by atoms with Crippen molar-refractivity contribution >= 4 is 29.6 Å². The molecule has 4 rings (SSSR count). The van der Waals surface area contributed by atoms with Crippen LogP contribution >= 0.6 is 0 Å². The average molecular weight is 660 g/mol. The normalized spacial score (nSPS) is 17.6. The molecule has 244 valence electrons. The van der Waals surface area contributed by atoms with E-state index >= 15 is 0 Å². The van der Waals surface area contributed by atoms with Gasteiger partial charge in [0.15, 0.2) is 0 Å². The van der Waals surface area contributed by atoms with E-state index in [2.05, 4.69) is 60.6 Å². The number of piperidine rings is 1. The summed E-state index contributed by atoms with van der Waals surface area (Å²) >= 11 is 0. The first kappa shape index (κ1) is 38.5. The molecule has 0 bridgehead atoms. The van der Waals surface area contributed by atoms with E-state index in [-0.39, 0.29) is 69.3 Å². The minimum atomic E-state index is -0.176. The summed E-state index contributed by atoms with van der Waals surface area (Å²) in [5, 5.41) is 6.45. The van der Waals surface area contributed by atoms with Crippen molar-refractivity contribution in [2.45, 2.75) is 39.3 Å². The van der Waals surface area contributed by atoms with Crippen LogP contribution in [-0.4, -0.2) is 79.3 Å². The van der Waals surface area contributed by atoms with Crippen molar-refractivity contribution in [1.29, 1.82) is 0 Å². The van der Waals surface area contributed by atoms with Gasteiger partial charge < -0.3 is 26.2 Å². The molecule has 4 N–H and O–H groups in total. The van der Waals surface area contributed by atoms with Gasteiger partial charge in [-0.25, -0.2) is 0 Å². The van der Waals surface area contributed by atoms with Crippen LogP contribution in [0.15, 0.2) is 94.7 Å². The number of anilines is 1. The van der Waals surface area contributed by atoms with Crippen LogP contribution in [0, 0.1) is 18.4 Å². The molecule has 2 aromatic carbocycles. The van der Waals surface area contributed by atoms with Crippen LogP contribution in [-0.2, 0) is 11.3 Å². The van der Waals surface area contributed by atoms with E-state index in [1.807, 2.05) is 85.6 Å². The molecule has 0 spiro atoms. The van der Waals surface area contributed by atoms with Gasteiger partial charge in [-0.05, 0) is 44.1 Å². The van der Waals surface area contributed by atoms with Crippen LogP contribution in [0.5, 0.6) is 0 Å². The maximum absolute atomic E-state index is 12.2. The molecule has 0 aromatic heterocycles. The number of hydrogen-bond acceptors (Lipinski definition) is 6. The van der Waals surface area contributed by atoms with Gasteiger partial charge in [0.2, 0.25) is 17.8 Å². The van der Waals surface area contributed by atoms with E-state index in [0.717, 1.165) is 60.0 Å². The maximum Gasteiger partial charge on any atom is 1.00 e. The number of nitrogens with two attached hydrogens (primary N) is 1. The Morgan fingerprint density at radius 2 is 1.98 bits per heavy atom. The number of hydrogen-bond donors (Lipinski definition) is 3. The molecule has 2 aliphatic rings. The number of likely N-dealkylation sites (N-methyl/N-ethyl adjacent to an activating group) is 1. The smallest absolute Gasteiger partial charge is 0.342 e. The van der Waals surface area contributed by atoms with Gasteiger partial charge in [0.1, 0.15) is 5.82 Å². The zero-order chi connectivity index (χ0) is 33.1. The molecular weight excluding hydrogens is 612 g/mol. The van der Waals surface area contributed by atoms with Crippen LogP contribution in [0.1, 0.15) is 43.4 Å². The third-order valence-electron chi connectivity index (χ3n) is 7.84. The molecule has 2 heterocycles. The number of guanidine groups is 2. The summed E-state index contributed by atoms with van der Waals surface area (Å²) in [6.45, 7) is 11.3. The van der Waals surface area contributed by atoms with Gasteiger partial charge >= 0.3 is 51.4 Å². The van der Waals surface area contributed by atoms with Gasteiger partial charge in [-0.15, -0.1) is 66.1 Å². The summed E-state index contributed by atoms with van der Waals surface area (Å²) in [6, 6.07) is 17.4. The monoisotopic (exact) mass is 659 g/mol.